The molecule has 0 heterocycles. The summed E-state index contributed by atoms with van der Waals surface area (Å²) in [6.45, 7) is 0. The van der Waals surface area contributed by atoms with Gasteiger partial charge >= 0.3 is 0 Å². The summed E-state index contributed by atoms with van der Waals surface area (Å²) >= 11 is 0. The van der Waals surface area contributed by atoms with Gasteiger partial charge in [0.05, 0.1) is 0 Å². The van der Waals surface area contributed by atoms with Crippen molar-refractivity contribution >= 4 is 24.6 Å². The first-order valence-electron chi connectivity index (χ1n) is 4.73. The zero-order valence-corrected chi connectivity index (χ0v) is 9.12. The second-order valence-electron chi connectivity index (χ2n) is 3.11. The Morgan fingerprint density at radius 2 is 1.44 bits per heavy atom. The van der Waals surface area contributed by atoms with E-state index in [0.717, 1.165) is 0 Å². The van der Waals surface area contributed by atoms with Gasteiger partial charge in [-0.3, -0.25) is 30.0 Å². The Bertz CT molecular complexity index is 463. The van der Waals surface area contributed by atoms with Crippen molar-refractivity contribution in [1.29, 1.82) is 0 Å². The van der Waals surface area contributed by atoms with E-state index in [1.54, 1.807) is 0 Å². The van der Waals surface area contributed by atoms with Gasteiger partial charge < -0.3 is 0 Å². The summed E-state index contributed by atoms with van der Waals surface area (Å²) in [5.74, 6) is 3.79. The molecule has 0 saturated carbocycles. The molecular weight excluding hydrogens is 240 g/mol. The highest BCUT2D eigenvalue weighted by Gasteiger charge is 2.10. The van der Waals surface area contributed by atoms with Gasteiger partial charge in [0, 0.05) is 11.1 Å². The Hall–Kier alpha value is -2.74. The molecule has 1 aromatic carbocycles. The molecule has 0 radical (unpaired) electrons. The Balaban J connectivity index is 2.79. The third kappa shape index (κ3) is 3.12. The van der Waals surface area contributed by atoms with E-state index < -0.39 is 11.8 Å². The number of imide groups is 1. The van der Waals surface area contributed by atoms with E-state index in [-0.39, 0.29) is 23.9 Å². The van der Waals surface area contributed by atoms with Crippen LogP contribution in [0.1, 0.15) is 20.7 Å². The van der Waals surface area contributed by atoms with Crippen molar-refractivity contribution in [2.75, 3.05) is 0 Å². The standard InChI is InChI=1S/C10H10N4O4/c11-12-9(17)7-1-3-8(4-2-7)10(18)13-14(5-15)6-16/h1-6H,11H2,(H,12,17)(H,13,18). The number of benzene rings is 1. The molecule has 0 aliphatic carbocycles. The monoisotopic (exact) mass is 250 g/mol. The van der Waals surface area contributed by atoms with Gasteiger partial charge in [-0.05, 0) is 24.3 Å². The number of carbonyl (C=O) groups is 4. The molecule has 0 aliphatic rings. The first-order valence-corrected chi connectivity index (χ1v) is 4.73. The lowest BCUT2D eigenvalue weighted by Gasteiger charge is -2.10. The van der Waals surface area contributed by atoms with Crippen molar-refractivity contribution < 1.29 is 19.2 Å². The fourth-order valence-electron chi connectivity index (χ4n) is 1.12. The van der Waals surface area contributed by atoms with Crippen LogP contribution in [0.5, 0.6) is 0 Å². The van der Waals surface area contributed by atoms with Crippen LogP contribution in [0, 0.1) is 0 Å². The van der Waals surface area contributed by atoms with E-state index >= 15 is 0 Å². The molecule has 8 nitrogen and oxygen atoms in total. The van der Waals surface area contributed by atoms with Crippen molar-refractivity contribution in [3.05, 3.63) is 35.4 Å². The third-order valence-electron chi connectivity index (χ3n) is 2.00. The largest absolute Gasteiger partial charge is 0.290 e. The number of nitrogens with zero attached hydrogens (tertiary/aromatic N) is 1. The van der Waals surface area contributed by atoms with Gasteiger partial charge in [-0.15, -0.1) is 0 Å². The lowest BCUT2D eigenvalue weighted by Crippen LogP contribution is -2.40. The van der Waals surface area contributed by atoms with Crippen molar-refractivity contribution in [1.82, 2.24) is 15.9 Å². The smallest absolute Gasteiger partial charge is 0.270 e. The van der Waals surface area contributed by atoms with Gasteiger partial charge in [0.25, 0.3) is 11.8 Å². The quantitative estimate of drug-likeness (QED) is 0.255. The van der Waals surface area contributed by atoms with Crippen LogP contribution in [-0.4, -0.2) is 29.6 Å². The second kappa shape index (κ2) is 6.11. The maximum atomic E-state index is 11.5. The number of nitrogens with one attached hydrogen (secondary N) is 2. The fourth-order valence-corrected chi connectivity index (χ4v) is 1.12. The highest BCUT2D eigenvalue weighted by molar-refractivity contribution is 5.98. The number of hydrazine groups is 2. The minimum Gasteiger partial charge on any atom is -0.290 e. The van der Waals surface area contributed by atoms with Gasteiger partial charge in [0.2, 0.25) is 12.8 Å². The molecule has 4 N–H and O–H groups in total. The van der Waals surface area contributed by atoms with Crippen LogP contribution in [0.3, 0.4) is 0 Å². The van der Waals surface area contributed by atoms with Gasteiger partial charge in [-0.1, -0.05) is 0 Å². The summed E-state index contributed by atoms with van der Waals surface area (Å²) in [6, 6.07) is 5.47. The number of amides is 4. The van der Waals surface area contributed by atoms with Crippen LogP contribution in [-0.2, 0) is 9.59 Å². The molecule has 18 heavy (non-hydrogen) atoms. The minimum absolute atomic E-state index is 0.154. The summed E-state index contributed by atoms with van der Waals surface area (Å²) in [5.41, 5.74) is 4.42. The SMILES string of the molecule is NNC(=O)c1ccc(C(=O)NN(C=O)C=O)cc1. The van der Waals surface area contributed by atoms with Crippen LogP contribution in [0.15, 0.2) is 24.3 Å². The molecule has 0 fully saturated rings. The minimum atomic E-state index is -0.658. The van der Waals surface area contributed by atoms with Gasteiger partial charge in [-0.2, -0.15) is 5.01 Å². The average Bonchev–Trinajstić information content (AvgIpc) is 2.43. The van der Waals surface area contributed by atoms with E-state index in [9.17, 15) is 19.2 Å². The fraction of sp³-hybridized carbons (Fsp3) is 0. The van der Waals surface area contributed by atoms with Gasteiger partial charge in [0.15, 0.2) is 0 Å². The Labute approximate surface area is 102 Å². The summed E-state index contributed by atoms with van der Waals surface area (Å²) < 4.78 is 0. The molecule has 0 spiro atoms. The van der Waals surface area contributed by atoms with E-state index in [0.29, 0.717) is 5.01 Å². The van der Waals surface area contributed by atoms with Crippen molar-refractivity contribution in [2.24, 2.45) is 5.84 Å². The molecular formula is C10H10N4O4. The molecule has 0 saturated heterocycles. The molecule has 0 aliphatic heterocycles. The molecule has 0 unspecified atom stereocenters. The first-order chi connectivity index (χ1) is 8.62. The molecule has 0 atom stereocenters. The maximum Gasteiger partial charge on any atom is 0.270 e. The Kier molecular flexibility index (Phi) is 4.52. The van der Waals surface area contributed by atoms with Crippen molar-refractivity contribution in [2.45, 2.75) is 0 Å². The number of nitrogen functional groups attached to an aromatic ring is 1. The normalized spacial score (nSPS) is 9.17. The predicted molar refractivity (Wildman–Crippen MR) is 59.5 cm³/mol. The topological polar surface area (TPSA) is 122 Å². The number of carbonyl (C=O) groups excluding carboxylic acids is 4. The highest BCUT2D eigenvalue weighted by atomic mass is 16.2. The zero-order valence-electron chi connectivity index (χ0n) is 9.12. The molecule has 0 aromatic heterocycles. The number of nitrogens with two attached hydrogens (primary N) is 1. The second-order valence-corrected chi connectivity index (χ2v) is 3.11. The summed E-state index contributed by atoms with van der Waals surface area (Å²) in [6.07, 6.45) is 0.308. The highest BCUT2D eigenvalue weighted by Crippen LogP contribution is 2.04. The Morgan fingerprint density at radius 3 is 1.83 bits per heavy atom. The molecule has 0 bridgehead atoms. The van der Waals surface area contributed by atoms with Crippen LogP contribution in [0.25, 0.3) is 0 Å². The number of rotatable bonds is 5. The van der Waals surface area contributed by atoms with Crippen molar-refractivity contribution in [3.8, 4) is 0 Å². The van der Waals surface area contributed by atoms with Gasteiger partial charge in [-0.25, -0.2) is 5.84 Å². The summed E-state index contributed by atoms with van der Waals surface area (Å²) in [5, 5.41) is 0.433. The molecule has 4 amide bonds. The predicted octanol–water partition coefficient (Wildman–Crippen LogP) is -1.45. The van der Waals surface area contributed by atoms with Crippen LogP contribution in [0.4, 0.5) is 0 Å². The van der Waals surface area contributed by atoms with E-state index in [2.05, 4.69) is 0 Å². The van der Waals surface area contributed by atoms with Crippen LogP contribution in [0.2, 0.25) is 0 Å². The van der Waals surface area contributed by atoms with E-state index in [1.807, 2.05) is 10.9 Å². The molecule has 1 aromatic rings. The van der Waals surface area contributed by atoms with E-state index in [1.165, 1.54) is 24.3 Å². The average molecular weight is 250 g/mol. The maximum absolute atomic E-state index is 11.5. The third-order valence-corrected chi connectivity index (χ3v) is 2.00. The van der Waals surface area contributed by atoms with E-state index in [4.69, 9.17) is 5.84 Å². The Morgan fingerprint density at radius 1 is 1.00 bits per heavy atom. The number of hydrogen-bond donors (Lipinski definition) is 3. The first kappa shape index (κ1) is 13.3. The van der Waals surface area contributed by atoms with Crippen LogP contribution < -0.4 is 16.7 Å². The molecule has 94 valence electrons. The molecule has 8 heteroatoms. The lowest BCUT2D eigenvalue weighted by molar-refractivity contribution is -0.131. The lowest BCUT2D eigenvalue weighted by atomic mass is 10.1. The summed E-state index contributed by atoms with van der Waals surface area (Å²) in [4.78, 5) is 43.3. The summed E-state index contributed by atoms with van der Waals surface area (Å²) in [7, 11) is 0. The van der Waals surface area contributed by atoms with Crippen molar-refractivity contribution in [3.63, 3.8) is 0 Å². The van der Waals surface area contributed by atoms with Crippen LogP contribution >= 0.6 is 0 Å². The number of hydrogen-bond acceptors (Lipinski definition) is 5. The molecule has 1 rings (SSSR count). The zero-order chi connectivity index (χ0) is 13.5. The van der Waals surface area contributed by atoms with Gasteiger partial charge in [0.1, 0.15) is 0 Å².